The fraction of sp³-hybridized carbons (Fsp3) is 0.538. The second-order valence-corrected chi connectivity index (χ2v) is 6.54. The largest absolute Gasteiger partial charge is 0.267 e. The van der Waals surface area contributed by atoms with Crippen molar-refractivity contribution < 1.29 is 21.4 Å². The molecule has 1 aliphatic carbocycles. The van der Waals surface area contributed by atoms with Crippen LogP contribution in [0.2, 0.25) is 0 Å². The predicted molar refractivity (Wildman–Crippen MR) is 67.3 cm³/mol. The van der Waals surface area contributed by atoms with Crippen molar-refractivity contribution in [2.24, 2.45) is 0 Å². The summed E-state index contributed by atoms with van der Waals surface area (Å²) in [5.41, 5.74) is 0.499. The highest BCUT2D eigenvalue weighted by Gasteiger charge is 2.26. The molecule has 0 bridgehead atoms. The lowest BCUT2D eigenvalue weighted by atomic mass is 9.82. The number of rotatable bonds is 3. The Labute approximate surface area is 111 Å². The fourth-order valence-electron chi connectivity index (χ4n) is 2.55. The van der Waals surface area contributed by atoms with Crippen LogP contribution >= 0.6 is 0 Å². The van der Waals surface area contributed by atoms with Gasteiger partial charge in [0.1, 0.15) is 11.6 Å². The van der Waals surface area contributed by atoms with Gasteiger partial charge >= 0.3 is 0 Å². The van der Waals surface area contributed by atoms with Gasteiger partial charge < -0.3 is 0 Å². The second kappa shape index (κ2) is 5.54. The smallest absolute Gasteiger partial charge is 0.264 e. The molecule has 0 saturated heterocycles. The first-order valence-electron chi connectivity index (χ1n) is 6.18. The molecular formula is C13H16F2O3S. The van der Waals surface area contributed by atoms with Gasteiger partial charge in [0.2, 0.25) is 0 Å². The van der Waals surface area contributed by atoms with Gasteiger partial charge in [0.25, 0.3) is 10.1 Å². The Morgan fingerprint density at radius 3 is 2.32 bits per heavy atom. The van der Waals surface area contributed by atoms with E-state index in [4.69, 9.17) is 4.18 Å². The lowest BCUT2D eigenvalue weighted by Crippen LogP contribution is -2.23. The van der Waals surface area contributed by atoms with Gasteiger partial charge in [0, 0.05) is 6.07 Å². The van der Waals surface area contributed by atoms with Gasteiger partial charge in [-0.2, -0.15) is 8.42 Å². The van der Waals surface area contributed by atoms with Crippen LogP contribution in [0.25, 0.3) is 0 Å². The predicted octanol–water partition coefficient (Wildman–Crippen LogP) is 2.97. The Morgan fingerprint density at radius 1 is 1.16 bits per heavy atom. The third-order valence-electron chi connectivity index (χ3n) is 3.39. The normalized spacial score (nSPS) is 24.4. The van der Waals surface area contributed by atoms with Gasteiger partial charge in [-0.05, 0) is 43.2 Å². The first kappa shape index (κ1) is 14.4. The van der Waals surface area contributed by atoms with E-state index in [1.165, 1.54) is 12.1 Å². The van der Waals surface area contributed by atoms with Gasteiger partial charge in [0.05, 0.1) is 12.4 Å². The molecule has 0 spiro atoms. The van der Waals surface area contributed by atoms with Crippen LogP contribution in [-0.4, -0.2) is 20.8 Å². The van der Waals surface area contributed by atoms with Crippen LogP contribution in [0.15, 0.2) is 18.2 Å². The van der Waals surface area contributed by atoms with Crippen LogP contribution in [0.1, 0.15) is 37.2 Å². The molecule has 1 aliphatic rings. The van der Waals surface area contributed by atoms with Crippen LogP contribution in [0.5, 0.6) is 0 Å². The van der Waals surface area contributed by atoms with Gasteiger partial charge in [-0.3, -0.25) is 4.18 Å². The molecule has 1 aromatic rings. The van der Waals surface area contributed by atoms with Crippen LogP contribution in [0, 0.1) is 11.6 Å². The van der Waals surface area contributed by atoms with Crippen molar-refractivity contribution in [3.63, 3.8) is 0 Å². The van der Waals surface area contributed by atoms with Crippen molar-refractivity contribution in [1.82, 2.24) is 0 Å². The van der Waals surface area contributed by atoms with E-state index in [2.05, 4.69) is 0 Å². The van der Waals surface area contributed by atoms with E-state index >= 15 is 0 Å². The van der Waals surface area contributed by atoms with Crippen molar-refractivity contribution in [3.8, 4) is 0 Å². The Morgan fingerprint density at radius 2 is 1.79 bits per heavy atom. The van der Waals surface area contributed by atoms with Crippen molar-refractivity contribution in [1.29, 1.82) is 0 Å². The van der Waals surface area contributed by atoms with Gasteiger partial charge in [-0.15, -0.1) is 0 Å². The molecule has 1 saturated carbocycles. The van der Waals surface area contributed by atoms with E-state index < -0.39 is 21.8 Å². The van der Waals surface area contributed by atoms with Gasteiger partial charge in [-0.25, -0.2) is 8.78 Å². The average Bonchev–Trinajstić information content (AvgIpc) is 2.28. The zero-order chi connectivity index (χ0) is 14.0. The summed E-state index contributed by atoms with van der Waals surface area (Å²) in [7, 11) is -3.44. The van der Waals surface area contributed by atoms with E-state index in [1.807, 2.05) is 0 Å². The van der Waals surface area contributed by atoms with Crippen molar-refractivity contribution in [2.45, 2.75) is 37.7 Å². The minimum atomic E-state index is -3.44. The van der Waals surface area contributed by atoms with Crippen LogP contribution in [0.3, 0.4) is 0 Å². The molecular weight excluding hydrogens is 274 g/mol. The molecule has 0 radical (unpaired) electrons. The zero-order valence-electron chi connectivity index (χ0n) is 10.6. The Hall–Kier alpha value is -1.01. The molecule has 0 aromatic heterocycles. The summed E-state index contributed by atoms with van der Waals surface area (Å²) >= 11 is 0. The molecule has 6 heteroatoms. The van der Waals surface area contributed by atoms with Crippen LogP contribution < -0.4 is 0 Å². The lowest BCUT2D eigenvalue weighted by Gasteiger charge is -2.28. The highest BCUT2D eigenvalue weighted by atomic mass is 32.2. The quantitative estimate of drug-likeness (QED) is 0.804. The van der Waals surface area contributed by atoms with Gasteiger partial charge in [0.15, 0.2) is 0 Å². The number of benzene rings is 1. The van der Waals surface area contributed by atoms with E-state index in [1.54, 1.807) is 0 Å². The van der Waals surface area contributed by atoms with Crippen molar-refractivity contribution >= 4 is 10.1 Å². The number of halogens is 2. The molecule has 0 atom stereocenters. The van der Waals surface area contributed by atoms with E-state index in [0.29, 0.717) is 31.2 Å². The molecule has 1 fully saturated rings. The van der Waals surface area contributed by atoms with E-state index in [-0.39, 0.29) is 12.0 Å². The molecule has 106 valence electrons. The topological polar surface area (TPSA) is 43.4 Å². The third-order valence-corrected chi connectivity index (χ3v) is 4.01. The summed E-state index contributed by atoms with van der Waals surface area (Å²) in [6.07, 6.45) is 3.11. The average molecular weight is 290 g/mol. The first-order chi connectivity index (χ1) is 8.85. The highest BCUT2D eigenvalue weighted by molar-refractivity contribution is 7.86. The summed E-state index contributed by atoms with van der Waals surface area (Å²) in [6.45, 7) is 0. The molecule has 2 rings (SSSR count). The van der Waals surface area contributed by atoms with Gasteiger partial charge in [-0.1, -0.05) is 6.07 Å². The third kappa shape index (κ3) is 3.98. The Kier molecular flexibility index (Phi) is 4.20. The molecule has 0 N–H and O–H groups in total. The zero-order valence-corrected chi connectivity index (χ0v) is 11.4. The first-order valence-corrected chi connectivity index (χ1v) is 8.00. The minimum Gasteiger partial charge on any atom is -0.267 e. The molecule has 0 unspecified atom stereocenters. The summed E-state index contributed by atoms with van der Waals surface area (Å²) in [6, 6.07) is 3.60. The van der Waals surface area contributed by atoms with Crippen LogP contribution in [0.4, 0.5) is 8.78 Å². The fourth-order valence-corrected chi connectivity index (χ4v) is 3.24. The minimum absolute atomic E-state index is 0.00000945. The molecule has 0 amide bonds. The lowest BCUT2D eigenvalue weighted by molar-refractivity contribution is 0.154. The molecule has 0 aliphatic heterocycles. The highest BCUT2D eigenvalue weighted by Crippen LogP contribution is 2.35. The standard InChI is InChI=1S/C13H16F2O3S/c1-19(16,17)18-11-5-2-9(3-6-11)12-7-4-10(14)8-13(12)15/h4,7-9,11H,2-3,5-6H2,1H3. The summed E-state index contributed by atoms with van der Waals surface area (Å²) in [5, 5.41) is 0. The molecule has 19 heavy (non-hydrogen) atoms. The van der Waals surface area contributed by atoms with E-state index in [9.17, 15) is 17.2 Å². The Balaban J connectivity index is 2.00. The summed E-state index contributed by atoms with van der Waals surface area (Å²) < 4.78 is 53.4. The second-order valence-electron chi connectivity index (χ2n) is 4.94. The monoisotopic (exact) mass is 290 g/mol. The maximum atomic E-state index is 13.6. The van der Waals surface area contributed by atoms with Crippen molar-refractivity contribution in [2.75, 3.05) is 6.26 Å². The van der Waals surface area contributed by atoms with E-state index in [0.717, 1.165) is 12.3 Å². The molecule has 1 aromatic carbocycles. The summed E-state index contributed by atoms with van der Waals surface area (Å²) in [5.74, 6) is -1.12. The number of hydrogen-bond acceptors (Lipinski definition) is 3. The SMILES string of the molecule is CS(=O)(=O)OC1CCC(c2ccc(F)cc2F)CC1. The number of hydrogen-bond donors (Lipinski definition) is 0. The van der Waals surface area contributed by atoms with Crippen molar-refractivity contribution in [3.05, 3.63) is 35.4 Å². The van der Waals surface area contributed by atoms with Crippen LogP contribution in [-0.2, 0) is 14.3 Å². The molecule has 3 nitrogen and oxygen atoms in total. The Bertz CT molecular complexity index is 549. The summed E-state index contributed by atoms with van der Waals surface area (Å²) in [4.78, 5) is 0. The maximum absolute atomic E-state index is 13.6. The maximum Gasteiger partial charge on any atom is 0.264 e. The molecule has 0 heterocycles.